The average molecular weight is 1430 g/mol. The third kappa shape index (κ3) is 16.2. The number of carbonyl (C=O) groups excluding carboxylic acids is 6. The van der Waals surface area contributed by atoms with Crippen LogP contribution < -0.4 is 53.4 Å². The Morgan fingerprint density at radius 2 is 1.25 bits per heavy atom. The molecule has 37 nitrogen and oxygen atoms in total. The predicted octanol–water partition coefficient (Wildman–Crippen LogP) is -9.70. The van der Waals surface area contributed by atoms with Gasteiger partial charge in [-0.1, -0.05) is 85.8 Å². The Labute approximate surface area is 580 Å². The first-order chi connectivity index (χ1) is 48.9. The van der Waals surface area contributed by atoms with Crippen LogP contribution in [0.4, 0.5) is 0 Å². The number of nitrogens with one attached hydrogen (secondary N) is 7. The third-order valence-electron chi connectivity index (χ3n) is 19.0. The molecule has 4 aromatic carbocycles. The van der Waals surface area contributed by atoms with E-state index in [1.54, 1.807) is 37.3 Å². The zero-order valence-electron chi connectivity index (χ0n) is 54.6. The van der Waals surface area contributed by atoms with E-state index in [-0.39, 0.29) is 30.4 Å². The van der Waals surface area contributed by atoms with Crippen molar-refractivity contribution >= 4 is 58.1 Å². The summed E-state index contributed by atoms with van der Waals surface area (Å²) in [5, 5.41) is 153. The van der Waals surface area contributed by atoms with Crippen LogP contribution >= 0.6 is 0 Å². The van der Waals surface area contributed by atoms with Crippen LogP contribution in [0, 0.1) is 0 Å². The first kappa shape index (κ1) is 74.8. The summed E-state index contributed by atoms with van der Waals surface area (Å²) in [5.74, 6) is -8.91. The van der Waals surface area contributed by atoms with Crippen molar-refractivity contribution < 1.29 is 123 Å². The molecule has 5 saturated heterocycles. The Balaban J connectivity index is 0.836. The van der Waals surface area contributed by atoms with Crippen molar-refractivity contribution in [3.05, 3.63) is 114 Å². The van der Waals surface area contributed by atoms with Crippen molar-refractivity contribution in [2.24, 2.45) is 21.5 Å². The van der Waals surface area contributed by atoms with Crippen molar-refractivity contribution in [2.45, 2.75) is 172 Å². The zero-order chi connectivity index (χ0) is 73.0. The van der Waals surface area contributed by atoms with E-state index in [0.717, 1.165) is 15.7 Å². The number of carbonyl (C=O) groups is 6. The zero-order valence-corrected chi connectivity index (χ0v) is 54.6. The topological polar surface area (TPSA) is 574 Å². The lowest BCUT2D eigenvalue weighted by Gasteiger charge is -2.48. The lowest BCUT2D eigenvalue weighted by atomic mass is 9.92. The van der Waals surface area contributed by atoms with Crippen molar-refractivity contribution in [3.63, 3.8) is 0 Å². The molecule has 0 aliphatic carbocycles. The number of nitrogens with zero attached hydrogens (tertiary/aromatic N) is 3. The molecule has 26 atom stereocenters. The largest absolute Gasteiger partial charge is 0.462 e. The van der Waals surface area contributed by atoms with Crippen LogP contribution in [0.1, 0.15) is 35.8 Å². The van der Waals surface area contributed by atoms with Gasteiger partial charge >= 0.3 is 0 Å². The highest BCUT2D eigenvalue weighted by Gasteiger charge is 2.55. The van der Waals surface area contributed by atoms with E-state index in [1.807, 2.05) is 42.5 Å². The molecule has 23 N–H and O–H groups in total. The standard InChI is InChI=1S/C65H84N12O25/c1-26(28-7-3-2-4-8-28)41-57(93)71-33(17-27-11-15-32(16-12-27)97-62-51(89)48(86)53(38(24-80)99-62)102-63-52(90)49(87)54-39(100-63)25-96-61(101-54)31-14-13-29-9-5-6-10-30(29)18-31)56(92)75-42(44(82)34-19-69-64(66)73-34)59(95)76-43(58(94)72-35(22-78)55(91)68-21-40(81)74-41)45(83)36-20-70-65(67)77(36)60-50(88)47(85)46(84)37(23-79)98-60/h2-16,18,26,33-39,41-54,60-63,78-80,82-90H,17,19-25H2,1H3,(H2,67,70)(H,68,91)(H,71,93)(H,72,94)(H,74,81)(H,75,92)(H,76,95)(H3,66,69,73). The Bertz CT molecular complexity index is 3680. The molecule has 0 bridgehead atoms. The molecule has 7 aliphatic rings. The molecule has 11 rings (SSSR count). The predicted molar refractivity (Wildman–Crippen MR) is 348 cm³/mol. The van der Waals surface area contributed by atoms with Gasteiger partial charge in [0.2, 0.25) is 41.7 Å². The SMILES string of the molecule is CC(c1ccccc1)C1NC(=O)CNC(=O)C(CO)NC(=O)C(C(O)C2CN=C(N)N2C2OC(CO)C(O)C(O)C2O)NC(=O)C(C(O)C2CN=C(N)N2)NC(=O)C(Cc2ccc(OC3OC(CO)C(OC4OC5COC(c6ccc7ccccc7c6)OC5C(O)C4O)C(O)C3O)cc2)NC1=O. The summed E-state index contributed by atoms with van der Waals surface area (Å²) in [6.45, 7) is -3.21. The maximum absolute atomic E-state index is 15.2. The van der Waals surface area contributed by atoms with Crippen LogP contribution in [-0.4, -0.2) is 306 Å². The van der Waals surface area contributed by atoms with Crippen molar-refractivity contribution in [1.29, 1.82) is 0 Å². The van der Waals surface area contributed by atoms with Gasteiger partial charge in [-0.3, -0.25) is 38.8 Å². The molecule has 0 spiro atoms. The minimum absolute atomic E-state index is 0.0463. The van der Waals surface area contributed by atoms with Gasteiger partial charge < -0.3 is 148 Å². The highest BCUT2D eigenvalue weighted by atomic mass is 16.8. The highest BCUT2D eigenvalue weighted by Crippen LogP contribution is 2.38. The van der Waals surface area contributed by atoms with Gasteiger partial charge in [0.25, 0.3) is 0 Å². The summed E-state index contributed by atoms with van der Waals surface area (Å²) in [7, 11) is 0. The number of aliphatic hydroxyl groups is 12. The second-order valence-corrected chi connectivity index (χ2v) is 25.8. The van der Waals surface area contributed by atoms with Crippen molar-refractivity contribution in [2.75, 3.05) is 46.1 Å². The van der Waals surface area contributed by atoms with E-state index in [1.165, 1.54) is 24.3 Å². The number of fused-ring (bicyclic) bond motifs is 2. The molecule has 37 heteroatoms. The molecule has 5 fully saturated rings. The number of rotatable bonds is 17. The number of hydrogen-bond acceptors (Lipinski definition) is 31. The quantitative estimate of drug-likeness (QED) is 0.0467. The van der Waals surface area contributed by atoms with Gasteiger partial charge in [0.05, 0.1) is 58.1 Å². The lowest BCUT2D eigenvalue weighted by molar-refractivity contribution is -0.383. The normalized spacial score (nSPS) is 36.2. The maximum Gasteiger partial charge on any atom is 0.246 e. The first-order valence-corrected chi connectivity index (χ1v) is 32.9. The molecule has 102 heavy (non-hydrogen) atoms. The molecule has 4 aromatic rings. The van der Waals surface area contributed by atoms with E-state index in [9.17, 15) is 80.5 Å². The van der Waals surface area contributed by atoms with E-state index in [0.29, 0.717) is 11.1 Å². The summed E-state index contributed by atoms with van der Waals surface area (Å²) in [4.78, 5) is 96.6. The van der Waals surface area contributed by atoms with Crippen molar-refractivity contribution in [1.82, 2.24) is 42.1 Å². The number of hydrogen-bond donors (Lipinski definition) is 21. The van der Waals surface area contributed by atoms with Crippen LogP contribution in [0.25, 0.3) is 10.8 Å². The molecule has 0 radical (unpaired) electrons. The molecule has 0 aromatic heterocycles. The number of guanidine groups is 2. The van der Waals surface area contributed by atoms with Crippen molar-refractivity contribution in [3.8, 4) is 5.75 Å². The van der Waals surface area contributed by atoms with Crippen LogP contribution in [0.3, 0.4) is 0 Å². The van der Waals surface area contributed by atoms with Gasteiger partial charge in [-0.15, -0.1) is 0 Å². The van der Waals surface area contributed by atoms with E-state index in [2.05, 4.69) is 47.2 Å². The molecular formula is C65H84N12O25. The maximum atomic E-state index is 15.2. The Morgan fingerprint density at radius 1 is 0.588 bits per heavy atom. The van der Waals surface area contributed by atoms with Crippen LogP contribution in [0.15, 0.2) is 107 Å². The second-order valence-electron chi connectivity index (χ2n) is 25.8. The minimum atomic E-state index is -2.35. The van der Waals surface area contributed by atoms with E-state index in [4.69, 9.17) is 44.6 Å². The summed E-state index contributed by atoms with van der Waals surface area (Å²) >= 11 is 0. The first-order valence-electron chi connectivity index (χ1n) is 32.9. The number of amides is 6. The fraction of sp³-hybridized carbons (Fsp3) is 0.538. The lowest BCUT2D eigenvalue weighted by Crippen LogP contribution is -2.70. The van der Waals surface area contributed by atoms with Crippen LogP contribution in [-0.2, 0) is 63.6 Å². The number of nitrogens with two attached hydrogens (primary N) is 2. The summed E-state index contributed by atoms with van der Waals surface area (Å²) in [6, 6.07) is 14.2. The van der Waals surface area contributed by atoms with Gasteiger partial charge in [-0.25, -0.2) is 0 Å². The van der Waals surface area contributed by atoms with Gasteiger partial charge in [0.15, 0.2) is 30.7 Å². The minimum Gasteiger partial charge on any atom is -0.462 e. The summed E-state index contributed by atoms with van der Waals surface area (Å²) in [5.41, 5.74) is 13.6. The fourth-order valence-electron chi connectivity index (χ4n) is 13.2. The Morgan fingerprint density at radius 3 is 1.94 bits per heavy atom. The van der Waals surface area contributed by atoms with E-state index < -0.39 is 239 Å². The Kier molecular flexibility index (Phi) is 23.8. The number of aliphatic hydroxyl groups excluding tert-OH is 12. The van der Waals surface area contributed by atoms with Gasteiger partial charge in [-0.05, 0) is 40.1 Å². The number of benzene rings is 4. The third-order valence-corrected chi connectivity index (χ3v) is 19.0. The molecule has 6 amide bonds. The Hall–Kier alpha value is -8.42. The van der Waals surface area contributed by atoms with Crippen LogP contribution in [0.5, 0.6) is 5.75 Å². The smallest absolute Gasteiger partial charge is 0.246 e. The van der Waals surface area contributed by atoms with Crippen LogP contribution in [0.2, 0.25) is 0 Å². The molecule has 554 valence electrons. The monoisotopic (exact) mass is 1430 g/mol. The number of ether oxygens (including phenoxy) is 7. The van der Waals surface area contributed by atoms with E-state index >= 15 is 9.59 Å². The number of aliphatic imine (C=N–C) groups is 2. The summed E-state index contributed by atoms with van der Waals surface area (Å²) in [6.07, 6.45) is -30.8. The summed E-state index contributed by atoms with van der Waals surface area (Å²) < 4.78 is 41.7. The molecule has 26 unspecified atom stereocenters. The highest BCUT2D eigenvalue weighted by molar-refractivity contribution is 5.98. The molecule has 7 aliphatic heterocycles. The second kappa shape index (κ2) is 32.5. The molecule has 0 saturated carbocycles. The molecule has 7 heterocycles. The average Bonchev–Trinajstić information content (AvgIpc) is 1.21. The van der Waals surface area contributed by atoms with Gasteiger partial charge in [0.1, 0.15) is 121 Å². The molecular weight excluding hydrogens is 1350 g/mol. The fourth-order valence-corrected chi connectivity index (χ4v) is 13.2. The van der Waals surface area contributed by atoms with Gasteiger partial charge in [0, 0.05) is 17.9 Å². The van der Waals surface area contributed by atoms with Gasteiger partial charge in [-0.2, -0.15) is 0 Å².